The molecular weight excluding hydrogens is 304 g/mol. The number of aliphatic carboxylic acids is 1. The van der Waals surface area contributed by atoms with Crippen molar-refractivity contribution in [1.29, 1.82) is 0 Å². The Hall–Kier alpha value is -2.56. The Morgan fingerprint density at radius 1 is 1.17 bits per heavy atom. The van der Waals surface area contributed by atoms with E-state index in [0.717, 1.165) is 29.9 Å². The molecule has 24 heavy (non-hydrogen) atoms. The van der Waals surface area contributed by atoms with E-state index in [1.165, 1.54) is 0 Å². The molecule has 1 amide bonds. The largest absolute Gasteiger partial charge is 0.481 e. The lowest BCUT2D eigenvalue weighted by molar-refractivity contribution is -0.142. The van der Waals surface area contributed by atoms with Gasteiger partial charge in [0.15, 0.2) is 0 Å². The molecule has 1 aliphatic carbocycles. The number of aromatic nitrogens is 1. The van der Waals surface area contributed by atoms with Crippen LogP contribution in [0.25, 0.3) is 5.69 Å². The zero-order valence-electron chi connectivity index (χ0n) is 14.0. The summed E-state index contributed by atoms with van der Waals surface area (Å²) in [5, 5.41) is 12.2. The first-order valence-electron chi connectivity index (χ1n) is 8.27. The van der Waals surface area contributed by atoms with E-state index in [4.69, 9.17) is 0 Å². The Morgan fingerprint density at radius 2 is 1.88 bits per heavy atom. The van der Waals surface area contributed by atoms with Gasteiger partial charge in [-0.2, -0.15) is 0 Å². The first-order valence-corrected chi connectivity index (χ1v) is 8.27. The zero-order chi connectivity index (χ0) is 17.3. The van der Waals surface area contributed by atoms with E-state index in [2.05, 4.69) is 5.32 Å². The van der Waals surface area contributed by atoms with Gasteiger partial charge in [0.25, 0.3) is 5.91 Å². The minimum atomic E-state index is -0.826. The number of benzene rings is 1. The number of amides is 1. The maximum Gasteiger partial charge on any atom is 0.308 e. The summed E-state index contributed by atoms with van der Waals surface area (Å²) in [5.41, 5.74) is 3.45. The number of carbonyl (C=O) groups is 2. The fourth-order valence-corrected chi connectivity index (χ4v) is 3.64. The monoisotopic (exact) mass is 326 g/mol. The van der Waals surface area contributed by atoms with E-state index in [1.54, 1.807) is 0 Å². The smallest absolute Gasteiger partial charge is 0.308 e. The van der Waals surface area contributed by atoms with Crippen molar-refractivity contribution in [1.82, 2.24) is 9.88 Å². The van der Waals surface area contributed by atoms with Crippen molar-refractivity contribution in [3.05, 3.63) is 53.3 Å². The summed E-state index contributed by atoms with van der Waals surface area (Å²) in [5.74, 6) is -1.50. The number of hydrogen-bond acceptors (Lipinski definition) is 2. The second-order valence-corrected chi connectivity index (χ2v) is 6.41. The lowest BCUT2D eigenvalue weighted by Gasteiger charge is -2.17. The summed E-state index contributed by atoms with van der Waals surface area (Å²) in [6.45, 7) is 3.88. The highest BCUT2D eigenvalue weighted by atomic mass is 16.4. The third kappa shape index (κ3) is 2.94. The highest BCUT2D eigenvalue weighted by molar-refractivity contribution is 5.96. The molecule has 0 unspecified atom stereocenters. The number of carbonyl (C=O) groups excluding carboxylic acids is 1. The van der Waals surface area contributed by atoms with Gasteiger partial charge in [0, 0.05) is 23.1 Å². The van der Waals surface area contributed by atoms with E-state index in [-0.39, 0.29) is 11.9 Å². The average Bonchev–Trinajstić information content (AvgIpc) is 3.12. The Bertz CT molecular complexity index is 764. The second-order valence-electron chi connectivity index (χ2n) is 6.41. The van der Waals surface area contributed by atoms with Crippen molar-refractivity contribution in [2.75, 3.05) is 0 Å². The van der Waals surface area contributed by atoms with Crippen LogP contribution in [0.3, 0.4) is 0 Å². The summed E-state index contributed by atoms with van der Waals surface area (Å²) in [6, 6.07) is 11.5. The summed E-state index contributed by atoms with van der Waals surface area (Å²) < 4.78 is 2.04. The molecule has 2 atom stereocenters. The van der Waals surface area contributed by atoms with Crippen LogP contribution in [0.15, 0.2) is 36.4 Å². The number of carboxylic acids is 1. The maximum absolute atomic E-state index is 12.7. The van der Waals surface area contributed by atoms with Crippen LogP contribution in [0.1, 0.15) is 41.0 Å². The number of nitrogens with one attached hydrogen (secondary N) is 1. The van der Waals surface area contributed by atoms with Gasteiger partial charge in [-0.15, -0.1) is 0 Å². The van der Waals surface area contributed by atoms with E-state index < -0.39 is 11.9 Å². The Labute approximate surface area is 141 Å². The first-order chi connectivity index (χ1) is 11.5. The fourth-order valence-electron chi connectivity index (χ4n) is 3.64. The molecule has 126 valence electrons. The van der Waals surface area contributed by atoms with E-state index >= 15 is 0 Å². The second kappa shape index (κ2) is 6.51. The number of carboxylic acid groups (broad SMARTS) is 1. The molecule has 0 bridgehead atoms. The molecule has 1 fully saturated rings. The van der Waals surface area contributed by atoms with E-state index in [0.29, 0.717) is 12.0 Å². The standard InChI is InChI=1S/C19H22N2O3/c1-12-11-16(13(2)21(12)14-7-4-3-5-8-14)18(22)20-17-10-6-9-15(17)19(23)24/h3-5,7-8,11,15,17H,6,9-10H2,1-2H3,(H,20,22)(H,23,24)/t15-,17+/m0/s1. The molecule has 1 aromatic carbocycles. The molecule has 2 N–H and O–H groups in total. The van der Waals surface area contributed by atoms with Crippen LogP contribution in [0.5, 0.6) is 0 Å². The average molecular weight is 326 g/mol. The van der Waals surface area contributed by atoms with Crippen LogP contribution < -0.4 is 5.32 Å². The first kappa shape index (κ1) is 16.3. The van der Waals surface area contributed by atoms with Gasteiger partial charge in [-0.3, -0.25) is 9.59 Å². The van der Waals surface area contributed by atoms with Crippen molar-refractivity contribution >= 4 is 11.9 Å². The highest BCUT2D eigenvalue weighted by Gasteiger charge is 2.34. The van der Waals surface area contributed by atoms with Crippen molar-refractivity contribution in [2.24, 2.45) is 5.92 Å². The summed E-state index contributed by atoms with van der Waals surface area (Å²) in [6.07, 6.45) is 2.19. The lowest BCUT2D eigenvalue weighted by Crippen LogP contribution is -2.40. The van der Waals surface area contributed by atoms with Crippen molar-refractivity contribution in [2.45, 2.75) is 39.2 Å². The fraction of sp³-hybridized carbons (Fsp3) is 0.368. The Morgan fingerprint density at radius 3 is 2.54 bits per heavy atom. The van der Waals surface area contributed by atoms with Gasteiger partial charge in [0.1, 0.15) is 0 Å². The van der Waals surface area contributed by atoms with Crippen molar-refractivity contribution < 1.29 is 14.7 Å². The van der Waals surface area contributed by atoms with Gasteiger partial charge in [-0.25, -0.2) is 0 Å². The highest BCUT2D eigenvalue weighted by Crippen LogP contribution is 2.27. The van der Waals surface area contributed by atoms with Crippen molar-refractivity contribution in [3.8, 4) is 5.69 Å². The van der Waals surface area contributed by atoms with Gasteiger partial charge in [-0.1, -0.05) is 24.6 Å². The molecule has 1 heterocycles. The molecule has 0 saturated heterocycles. The van der Waals surface area contributed by atoms with Crippen LogP contribution in [0, 0.1) is 19.8 Å². The molecule has 0 radical (unpaired) electrons. The van der Waals surface area contributed by atoms with E-state index in [1.807, 2.05) is 54.8 Å². The van der Waals surface area contributed by atoms with Crippen molar-refractivity contribution in [3.63, 3.8) is 0 Å². The molecule has 5 heteroatoms. The Kier molecular flexibility index (Phi) is 4.42. The quantitative estimate of drug-likeness (QED) is 0.907. The van der Waals surface area contributed by atoms with Gasteiger partial charge in [0.05, 0.1) is 11.5 Å². The summed E-state index contributed by atoms with van der Waals surface area (Å²) in [7, 11) is 0. The minimum absolute atomic E-state index is 0.191. The number of rotatable bonds is 4. The predicted octanol–water partition coefficient (Wildman–Crippen LogP) is 3.08. The van der Waals surface area contributed by atoms with Crippen LogP contribution >= 0.6 is 0 Å². The number of aryl methyl sites for hydroxylation is 1. The molecule has 5 nitrogen and oxygen atoms in total. The van der Waals surface area contributed by atoms with Gasteiger partial charge in [0.2, 0.25) is 0 Å². The molecule has 1 aromatic heterocycles. The number of para-hydroxylation sites is 1. The molecular formula is C19H22N2O3. The molecule has 0 aliphatic heterocycles. The van der Waals surface area contributed by atoms with E-state index in [9.17, 15) is 14.7 Å². The van der Waals surface area contributed by atoms with Crippen LogP contribution in [-0.4, -0.2) is 27.6 Å². The summed E-state index contributed by atoms with van der Waals surface area (Å²) >= 11 is 0. The maximum atomic E-state index is 12.7. The van der Waals surface area contributed by atoms with Gasteiger partial charge >= 0.3 is 5.97 Å². The molecule has 1 saturated carbocycles. The van der Waals surface area contributed by atoms with Crippen LogP contribution in [0.4, 0.5) is 0 Å². The zero-order valence-corrected chi connectivity index (χ0v) is 14.0. The van der Waals surface area contributed by atoms with Gasteiger partial charge < -0.3 is 15.0 Å². The minimum Gasteiger partial charge on any atom is -0.481 e. The lowest BCUT2D eigenvalue weighted by atomic mass is 10.0. The Balaban J connectivity index is 1.85. The number of nitrogens with zero attached hydrogens (tertiary/aromatic N) is 1. The topological polar surface area (TPSA) is 71.3 Å². The third-order valence-electron chi connectivity index (χ3n) is 4.84. The predicted molar refractivity (Wildman–Crippen MR) is 91.5 cm³/mol. The molecule has 3 rings (SSSR count). The van der Waals surface area contributed by atoms with Gasteiger partial charge in [-0.05, 0) is 44.9 Å². The molecule has 0 spiro atoms. The number of hydrogen-bond donors (Lipinski definition) is 2. The molecule has 1 aliphatic rings. The summed E-state index contributed by atoms with van der Waals surface area (Å²) in [4.78, 5) is 24.0. The SMILES string of the molecule is Cc1cc(C(=O)N[C@@H]2CCC[C@@H]2C(=O)O)c(C)n1-c1ccccc1. The molecule has 2 aromatic rings. The normalized spacial score (nSPS) is 20.1. The third-order valence-corrected chi connectivity index (χ3v) is 4.84. The van der Waals surface area contributed by atoms with Crippen LogP contribution in [0.2, 0.25) is 0 Å². The van der Waals surface area contributed by atoms with Crippen LogP contribution in [-0.2, 0) is 4.79 Å².